The monoisotopic (exact) mass is 265 g/mol. The molecule has 20 heavy (non-hydrogen) atoms. The van der Waals surface area contributed by atoms with Crippen molar-refractivity contribution in [1.82, 2.24) is 4.98 Å². The van der Waals surface area contributed by atoms with Gasteiger partial charge >= 0.3 is 0 Å². The first-order chi connectivity index (χ1) is 9.78. The van der Waals surface area contributed by atoms with Gasteiger partial charge in [0, 0.05) is 24.4 Å². The first-order valence-electron chi connectivity index (χ1n) is 6.60. The molecule has 3 heteroatoms. The molecule has 0 atom stereocenters. The zero-order valence-electron chi connectivity index (χ0n) is 11.3. The molecule has 0 saturated carbocycles. The minimum Gasteiger partial charge on any atom is -0.497 e. The molecule has 1 heterocycles. The van der Waals surface area contributed by atoms with Crippen LogP contribution >= 0.6 is 0 Å². The molecule has 1 aliphatic rings. The van der Waals surface area contributed by atoms with Gasteiger partial charge in [0.25, 0.3) is 0 Å². The van der Waals surface area contributed by atoms with E-state index in [1.165, 1.54) is 5.56 Å². The van der Waals surface area contributed by atoms with Crippen molar-refractivity contribution < 1.29 is 9.53 Å². The molecule has 2 aromatic rings. The number of benzene rings is 1. The van der Waals surface area contributed by atoms with Gasteiger partial charge in [0.1, 0.15) is 5.75 Å². The average Bonchev–Trinajstić information content (AvgIpc) is 2.51. The second-order valence-electron chi connectivity index (χ2n) is 4.79. The molecule has 1 aliphatic carbocycles. The summed E-state index contributed by atoms with van der Waals surface area (Å²) in [5, 5.41) is 0. The molecule has 0 spiro atoms. The number of ether oxygens (including phenoxy) is 1. The molecule has 0 fully saturated rings. The zero-order valence-corrected chi connectivity index (χ0v) is 11.3. The Bertz CT molecular complexity index is 675. The molecule has 3 rings (SSSR count). The Hall–Kier alpha value is -2.42. The Kier molecular flexibility index (Phi) is 3.33. The summed E-state index contributed by atoms with van der Waals surface area (Å²) in [6.45, 7) is 0. The van der Waals surface area contributed by atoms with Gasteiger partial charge in [0.2, 0.25) is 0 Å². The number of carbonyl (C=O) groups is 1. The van der Waals surface area contributed by atoms with E-state index in [0.29, 0.717) is 6.42 Å². The average molecular weight is 265 g/mol. The van der Waals surface area contributed by atoms with E-state index in [1.807, 2.05) is 36.4 Å². The Labute approximate surface area is 117 Å². The van der Waals surface area contributed by atoms with Crippen LogP contribution in [0.5, 0.6) is 5.75 Å². The van der Waals surface area contributed by atoms with Crippen LogP contribution in [0.2, 0.25) is 0 Å². The normalized spacial score (nSPS) is 16.1. The van der Waals surface area contributed by atoms with Gasteiger partial charge in [0.05, 0.1) is 7.11 Å². The van der Waals surface area contributed by atoms with Crippen molar-refractivity contribution >= 4 is 17.4 Å². The maximum atomic E-state index is 12.2. The molecule has 0 amide bonds. The third kappa shape index (κ3) is 2.35. The van der Waals surface area contributed by atoms with Gasteiger partial charge in [-0.15, -0.1) is 0 Å². The Morgan fingerprint density at radius 2 is 2.15 bits per heavy atom. The maximum absolute atomic E-state index is 12.2. The topological polar surface area (TPSA) is 39.2 Å². The molecule has 1 aromatic heterocycles. The fourth-order valence-electron chi connectivity index (χ4n) is 2.47. The minimum absolute atomic E-state index is 0.176. The molecule has 0 aliphatic heterocycles. The van der Waals surface area contributed by atoms with E-state index in [0.717, 1.165) is 28.9 Å². The summed E-state index contributed by atoms with van der Waals surface area (Å²) in [7, 11) is 1.64. The first-order valence-corrected chi connectivity index (χ1v) is 6.60. The number of hydrogen-bond acceptors (Lipinski definition) is 3. The zero-order chi connectivity index (χ0) is 13.9. The van der Waals surface area contributed by atoms with E-state index in [9.17, 15) is 4.79 Å². The fraction of sp³-hybridized carbons (Fsp3) is 0.176. The number of fused-ring (bicyclic) bond motifs is 1. The summed E-state index contributed by atoms with van der Waals surface area (Å²) in [5.74, 6) is 0.949. The maximum Gasteiger partial charge on any atom is 0.163 e. The second kappa shape index (κ2) is 5.29. The number of hydrogen-bond donors (Lipinski definition) is 0. The van der Waals surface area contributed by atoms with Gasteiger partial charge < -0.3 is 4.74 Å². The molecule has 0 radical (unpaired) electrons. The molecular weight excluding hydrogens is 250 g/mol. The Morgan fingerprint density at radius 1 is 1.25 bits per heavy atom. The van der Waals surface area contributed by atoms with Gasteiger partial charge in [-0.2, -0.15) is 0 Å². The summed E-state index contributed by atoms with van der Waals surface area (Å²) < 4.78 is 5.26. The summed E-state index contributed by atoms with van der Waals surface area (Å²) >= 11 is 0. The molecule has 0 N–H and O–H groups in total. The smallest absolute Gasteiger partial charge is 0.163 e. The third-order valence-electron chi connectivity index (χ3n) is 3.52. The molecule has 0 bridgehead atoms. The van der Waals surface area contributed by atoms with Gasteiger partial charge in [-0.05, 0) is 47.4 Å². The SMILES string of the molecule is COc1ccc2c(c1)C(=Cc1cccnc1)C(=O)CC2. The summed E-state index contributed by atoms with van der Waals surface area (Å²) in [6.07, 6.45) is 6.75. The molecule has 100 valence electrons. The summed E-state index contributed by atoms with van der Waals surface area (Å²) in [6, 6.07) is 9.73. The van der Waals surface area contributed by atoms with E-state index in [4.69, 9.17) is 4.74 Å². The molecule has 0 saturated heterocycles. The highest BCUT2D eigenvalue weighted by Gasteiger charge is 2.21. The predicted molar refractivity (Wildman–Crippen MR) is 78.4 cm³/mol. The number of ketones is 1. The number of carbonyl (C=O) groups excluding carboxylic acids is 1. The number of allylic oxidation sites excluding steroid dienone is 1. The lowest BCUT2D eigenvalue weighted by Gasteiger charge is -2.19. The van der Waals surface area contributed by atoms with Crippen molar-refractivity contribution in [3.8, 4) is 5.75 Å². The third-order valence-corrected chi connectivity index (χ3v) is 3.52. The van der Waals surface area contributed by atoms with Gasteiger partial charge in [-0.25, -0.2) is 0 Å². The van der Waals surface area contributed by atoms with Crippen LogP contribution in [0.25, 0.3) is 11.6 Å². The molecular formula is C17H15NO2. The van der Waals surface area contributed by atoms with E-state index in [-0.39, 0.29) is 5.78 Å². The number of Topliss-reactive ketones (excluding diaryl/α,β-unsaturated/α-hetero) is 1. The largest absolute Gasteiger partial charge is 0.497 e. The van der Waals surface area contributed by atoms with Gasteiger partial charge in [0.15, 0.2) is 5.78 Å². The van der Waals surface area contributed by atoms with E-state index < -0.39 is 0 Å². The van der Waals surface area contributed by atoms with Crippen LogP contribution in [0.1, 0.15) is 23.1 Å². The second-order valence-corrected chi connectivity index (χ2v) is 4.79. The van der Waals surface area contributed by atoms with Crippen LogP contribution in [0, 0.1) is 0 Å². The predicted octanol–water partition coefficient (Wildman–Crippen LogP) is 3.15. The van der Waals surface area contributed by atoms with Crippen LogP contribution < -0.4 is 4.74 Å². The molecule has 1 aromatic carbocycles. The number of pyridine rings is 1. The van der Waals surface area contributed by atoms with E-state index in [2.05, 4.69) is 4.98 Å². The molecule has 3 nitrogen and oxygen atoms in total. The van der Waals surface area contributed by atoms with Crippen molar-refractivity contribution in [2.75, 3.05) is 7.11 Å². The highest BCUT2D eigenvalue weighted by molar-refractivity contribution is 6.26. The highest BCUT2D eigenvalue weighted by Crippen LogP contribution is 2.32. The number of aryl methyl sites for hydroxylation is 1. The number of nitrogens with zero attached hydrogens (tertiary/aromatic N) is 1. The number of rotatable bonds is 2. The van der Waals surface area contributed by atoms with Crippen molar-refractivity contribution in [2.24, 2.45) is 0 Å². The van der Waals surface area contributed by atoms with Crippen LogP contribution in [0.15, 0.2) is 42.7 Å². The van der Waals surface area contributed by atoms with Crippen LogP contribution in [-0.4, -0.2) is 17.9 Å². The summed E-state index contributed by atoms with van der Waals surface area (Å²) in [5.41, 5.74) is 3.86. The highest BCUT2D eigenvalue weighted by atomic mass is 16.5. The lowest BCUT2D eigenvalue weighted by molar-refractivity contribution is -0.113. The van der Waals surface area contributed by atoms with Crippen LogP contribution in [0.3, 0.4) is 0 Å². The standard InChI is InChI=1S/C17H15NO2/c1-20-14-6-4-13-5-7-17(19)16(15(13)10-14)9-12-3-2-8-18-11-12/h2-4,6,8-11H,5,7H2,1H3. The van der Waals surface area contributed by atoms with Crippen molar-refractivity contribution in [3.05, 3.63) is 59.4 Å². The van der Waals surface area contributed by atoms with E-state index >= 15 is 0 Å². The molecule has 0 unspecified atom stereocenters. The Morgan fingerprint density at radius 3 is 2.90 bits per heavy atom. The van der Waals surface area contributed by atoms with Gasteiger partial charge in [-0.3, -0.25) is 9.78 Å². The van der Waals surface area contributed by atoms with Crippen molar-refractivity contribution in [3.63, 3.8) is 0 Å². The fourth-order valence-corrected chi connectivity index (χ4v) is 2.47. The number of aromatic nitrogens is 1. The first kappa shape index (κ1) is 12.6. The van der Waals surface area contributed by atoms with Crippen molar-refractivity contribution in [1.29, 1.82) is 0 Å². The quantitative estimate of drug-likeness (QED) is 0.783. The van der Waals surface area contributed by atoms with Crippen LogP contribution in [-0.2, 0) is 11.2 Å². The lowest BCUT2D eigenvalue weighted by atomic mass is 9.85. The van der Waals surface area contributed by atoms with Crippen molar-refractivity contribution in [2.45, 2.75) is 12.8 Å². The van der Waals surface area contributed by atoms with E-state index in [1.54, 1.807) is 19.5 Å². The minimum atomic E-state index is 0.176. The summed E-state index contributed by atoms with van der Waals surface area (Å²) in [4.78, 5) is 16.3. The Balaban J connectivity index is 2.12. The van der Waals surface area contributed by atoms with Crippen LogP contribution in [0.4, 0.5) is 0 Å². The number of methoxy groups -OCH3 is 1. The lowest BCUT2D eigenvalue weighted by Crippen LogP contribution is -2.12. The van der Waals surface area contributed by atoms with Gasteiger partial charge in [-0.1, -0.05) is 12.1 Å².